The Kier molecular flexibility index (Phi) is 4.25. The van der Waals surface area contributed by atoms with Gasteiger partial charge in [0.05, 0.1) is 12.5 Å². The van der Waals surface area contributed by atoms with E-state index in [2.05, 4.69) is 0 Å². The van der Waals surface area contributed by atoms with Crippen molar-refractivity contribution in [3.8, 4) is 0 Å². The van der Waals surface area contributed by atoms with Crippen molar-refractivity contribution < 1.29 is 14.6 Å². The molecule has 1 heterocycles. The van der Waals surface area contributed by atoms with Gasteiger partial charge in [0.2, 0.25) is 0 Å². The van der Waals surface area contributed by atoms with Gasteiger partial charge in [0.25, 0.3) is 0 Å². The molecule has 0 unspecified atom stereocenters. The van der Waals surface area contributed by atoms with E-state index in [4.69, 9.17) is 4.74 Å². The highest BCUT2D eigenvalue weighted by molar-refractivity contribution is 5.72. The quantitative estimate of drug-likeness (QED) is 0.849. The molecule has 3 heteroatoms. The SMILES string of the molecule is C[C@H]([C@@H](O)[C@H](C)c1ccccc1)[C@@H]1OC(=O)C[C@@H]1C. The van der Waals surface area contributed by atoms with Gasteiger partial charge in [0.15, 0.2) is 0 Å². The molecule has 0 spiro atoms. The van der Waals surface area contributed by atoms with Gasteiger partial charge in [-0.2, -0.15) is 0 Å². The van der Waals surface area contributed by atoms with E-state index in [1.165, 1.54) is 0 Å². The third-order valence-electron chi connectivity index (χ3n) is 4.21. The van der Waals surface area contributed by atoms with Crippen LogP contribution in [0.1, 0.15) is 38.7 Å². The van der Waals surface area contributed by atoms with Crippen LogP contribution < -0.4 is 0 Å². The number of hydrogen-bond donors (Lipinski definition) is 1. The highest BCUT2D eigenvalue weighted by Gasteiger charge is 2.39. The average Bonchev–Trinajstić information content (AvgIpc) is 2.76. The minimum atomic E-state index is -0.513. The second kappa shape index (κ2) is 5.74. The Morgan fingerprint density at radius 3 is 2.42 bits per heavy atom. The molecule has 104 valence electrons. The Bertz CT molecular complexity index is 429. The Morgan fingerprint density at radius 2 is 1.89 bits per heavy atom. The van der Waals surface area contributed by atoms with Gasteiger partial charge >= 0.3 is 5.97 Å². The van der Waals surface area contributed by atoms with Crippen LogP contribution in [0.2, 0.25) is 0 Å². The summed E-state index contributed by atoms with van der Waals surface area (Å²) in [5, 5.41) is 10.5. The minimum Gasteiger partial charge on any atom is -0.462 e. The Balaban J connectivity index is 2.07. The molecule has 5 atom stereocenters. The van der Waals surface area contributed by atoms with E-state index >= 15 is 0 Å². The lowest BCUT2D eigenvalue weighted by Gasteiger charge is -2.30. The molecule has 2 rings (SSSR count). The number of ether oxygens (including phenoxy) is 1. The second-order valence-corrected chi connectivity index (χ2v) is 5.68. The number of aliphatic hydroxyl groups is 1. The van der Waals surface area contributed by atoms with Crippen molar-refractivity contribution >= 4 is 5.97 Å². The van der Waals surface area contributed by atoms with Gasteiger partial charge in [-0.05, 0) is 5.56 Å². The highest BCUT2D eigenvalue weighted by atomic mass is 16.6. The molecule has 0 aromatic heterocycles. The molecule has 0 radical (unpaired) electrons. The van der Waals surface area contributed by atoms with E-state index in [-0.39, 0.29) is 29.8 Å². The topological polar surface area (TPSA) is 46.5 Å². The zero-order valence-electron chi connectivity index (χ0n) is 11.7. The van der Waals surface area contributed by atoms with Gasteiger partial charge in [0.1, 0.15) is 6.10 Å². The Hall–Kier alpha value is -1.35. The van der Waals surface area contributed by atoms with Gasteiger partial charge in [-0.15, -0.1) is 0 Å². The minimum absolute atomic E-state index is 0.0303. The van der Waals surface area contributed by atoms with E-state index in [1.807, 2.05) is 51.1 Å². The maximum absolute atomic E-state index is 11.3. The third-order valence-corrected chi connectivity index (χ3v) is 4.21. The lowest BCUT2D eigenvalue weighted by atomic mass is 9.82. The summed E-state index contributed by atoms with van der Waals surface area (Å²) in [6, 6.07) is 9.95. The molecule has 1 aliphatic heterocycles. The summed E-state index contributed by atoms with van der Waals surface area (Å²) in [4.78, 5) is 11.3. The zero-order chi connectivity index (χ0) is 14.0. The smallest absolute Gasteiger partial charge is 0.306 e. The number of carbonyl (C=O) groups excluding carboxylic acids is 1. The summed E-state index contributed by atoms with van der Waals surface area (Å²) in [6.07, 6.45) is -0.226. The van der Waals surface area contributed by atoms with Crippen LogP contribution in [-0.4, -0.2) is 23.3 Å². The molecular weight excluding hydrogens is 240 g/mol. The molecule has 1 aromatic rings. The number of rotatable bonds is 4. The van der Waals surface area contributed by atoms with Gasteiger partial charge in [-0.1, -0.05) is 51.1 Å². The average molecular weight is 262 g/mol. The first kappa shape index (κ1) is 14.1. The van der Waals surface area contributed by atoms with Crippen molar-refractivity contribution in [3.63, 3.8) is 0 Å². The number of benzene rings is 1. The largest absolute Gasteiger partial charge is 0.462 e. The van der Waals surface area contributed by atoms with Crippen molar-refractivity contribution in [2.45, 2.75) is 45.3 Å². The van der Waals surface area contributed by atoms with Crippen LogP contribution in [0.3, 0.4) is 0 Å². The van der Waals surface area contributed by atoms with Crippen molar-refractivity contribution in [1.29, 1.82) is 0 Å². The standard InChI is InChI=1S/C16H22O3/c1-10-9-14(17)19-16(10)12(3)15(18)11(2)13-7-5-4-6-8-13/h4-8,10-12,15-16,18H,9H2,1-3H3/t10-,11+,12+,15-,16+/m0/s1. The van der Waals surface area contributed by atoms with Crippen molar-refractivity contribution in [1.82, 2.24) is 0 Å². The van der Waals surface area contributed by atoms with E-state index in [1.54, 1.807) is 0 Å². The molecule has 0 bridgehead atoms. The molecule has 1 saturated heterocycles. The third kappa shape index (κ3) is 2.98. The molecular formula is C16H22O3. The molecule has 19 heavy (non-hydrogen) atoms. The molecule has 0 aliphatic carbocycles. The Morgan fingerprint density at radius 1 is 1.26 bits per heavy atom. The van der Waals surface area contributed by atoms with Crippen molar-refractivity contribution in [3.05, 3.63) is 35.9 Å². The van der Waals surface area contributed by atoms with Crippen molar-refractivity contribution in [2.75, 3.05) is 0 Å². The number of hydrogen-bond acceptors (Lipinski definition) is 3. The summed E-state index contributed by atoms with van der Waals surface area (Å²) in [7, 11) is 0. The lowest BCUT2D eigenvalue weighted by Crippen LogP contribution is -2.35. The van der Waals surface area contributed by atoms with Crippen LogP contribution in [0.4, 0.5) is 0 Å². The van der Waals surface area contributed by atoms with E-state index in [0.717, 1.165) is 5.56 Å². The number of aliphatic hydroxyl groups excluding tert-OH is 1. The lowest BCUT2D eigenvalue weighted by molar-refractivity contribution is -0.145. The molecule has 1 aromatic carbocycles. The molecule has 0 amide bonds. The van der Waals surface area contributed by atoms with Gasteiger partial charge in [-0.3, -0.25) is 4.79 Å². The van der Waals surface area contributed by atoms with E-state index in [0.29, 0.717) is 6.42 Å². The van der Waals surface area contributed by atoms with E-state index < -0.39 is 6.10 Å². The molecule has 1 N–H and O–H groups in total. The van der Waals surface area contributed by atoms with Gasteiger partial charge in [0, 0.05) is 17.8 Å². The first-order valence-electron chi connectivity index (χ1n) is 6.93. The number of carbonyl (C=O) groups is 1. The van der Waals surface area contributed by atoms with Crippen LogP contribution >= 0.6 is 0 Å². The summed E-state index contributed by atoms with van der Waals surface area (Å²) < 4.78 is 5.34. The van der Waals surface area contributed by atoms with E-state index in [9.17, 15) is 9.90 Å². The molecule has 1 fully saturated rings. The zero-order valence-corrected chi connectivity index (χ0v) is 11.7. The van der Waals surface area contributed by atoms with Crippen LogP contribution in [0.5, 0.6) is 0 Å². The van der Waals surface area contributed by atoms with Gasteiger partial charge in [-0.25, -0.2) is 0 Å². The van der Waals surface area contributed by atoms with Crippen molar-refractivity contribution in [2.24, 2.45) is 11.8 Å². The first-order chi connectivity index (χ1) is 9.00. The maximum Gasteiger partial charge on any atom is 0.306 e. The first-order valence-corrected chi connectivity index (χ1v) is 6.93. The number of esters is 1. The Labute approximate surface area is 114 Å². The highest BCUT2D eigenvalue weighted by Crippen LogP contribution is 2.33. The monoisotopic (exact) mass is 262 g/mol. The number of cyclic esters (lactones) is 1. The van der Waals surface area contributed by atoms with Gasteiger partial charge < -0.3 is 9.84 Å². The molecule has 1 aliphatic rings. The summed E-state index contributed by atoms with van der Waals surface area (Å²) in [5.41, 5.74) is 1.11. The fraction of sp³-hybridized carbons (Fsp3) is 0.562. The van der Waals surface area contributed by atoms with Crippen LogP contribution in [0, 0.1) is 11.8 Å². The summed E-state index contributed by atoms with van der Waals surface area (Å²) in [5.74, 6) is 0.00314. The fourth-order valence-electron chi connectivity index (χ4n) is 2.92. The second-order valence-electron chi connectivity index (χ2n) is 5.68. The van der Waals surface area contributed by atoms with Crippen LogP contribution in [-0.2, 0) is 9.53 Å². The maximum atomic E-state index is 11.3. The summed E-state index contributed by atoms with van der Waals surface area (Å²) >= 11 is 0. The van der Waals surface area contributed by atoms with Crippen LogP contribution in [0.25, 0.3) is 0 Å². The molecule has 3 nitrogen and oxygen atoms in total. The van der Waals surface area contributed by atoms with Crippen LogP contribution in [0.15, 0.2) is 30.3 Å². The predicted octanol–water partition coefficient (Wildman–Crippen LogP) is 2.74. The predicted molar refractivity (Wildman–Crippen MR) is 73.7 cm³/mol. The normalized spacial score (nSPS) is 27.7. The molecule has 0 saturated carbocycles. The fourth-order valence-corrected chi connectivity index (χ4v) is 2.92. The summed E-state index contributed by atoms with van der Waals surface area (Å²) in [6.45, 7) is 5.98.